The van der Waals surface area contributed by atoms with Crippen molar-refractivity contribution in [2.45, 2.75) is 58.6 Å². The average molecular weight is 445 g/mol. The van der Waals surface area contributed by atoms with Gasteiger partial charge in [0.05, 0.1) is 12.1 Å². The van der Waals surface area contributed by atoms with E-state index in [9.17, 15) is 9.90 Å². The maximum atomic E-state index is 12.1. The molecule has 0 spiro atoms. The monoisotopic (exact) mass is 444 g/mol. The summed E-state index contributed by atoms with van der Waals surface area (Å²) < 4.78 is 11.2. The molecule has 31 heavy (non-hydrogen) atoms. The number of hydrogen-bond donors (Lipinski definition) is 2. The lowest BCUT2D eigenvalue weighted by molar-refractivity contribution is 0.0407. The molecule has 1 heterocycles. The smallest absolute Gasteiger partial charge is 0.408 e. The molecule has 2 N–H and O–H groups in total. The molecule has 3 aromatic rings. The van der Waals surface area contributed by atoms with Crippen LogP contribution >= 0.6 is 11.6 Å². The molecule has 0 aliphatic heterocycles. The van der Waals surface area contributed by atoms with Crippen molar-refractivity contribution in [2.24, 2.45) is 0 Å². The fourth-order valence-corrected chi connectivity index (χ4v) is 3.31. The Bertz CT molecular complexity index is 1090. The molecule has 0 fully saturated rings. The molecule has 6 nitrogen and oxygen atoms in total. The van der Waals surface area contributed by atoms with Crippen molar-refractivity contribution >= 4 is 28.8 Å². The quantitative estimate of drug-likeness (QED) is 0.512. The third kappa shape index (κ3) is 5.99. The van der Waals surface area contributed by atoms with E-state index < -0.39 is 17.2 Å². The Balaban J connectivity index is 1.72. The number of hydrogen-bond acceptors (Lipinski definition) is 5. The van der Waals surface area contributed by atoms with Crippen molar-refractivity contribution in [1.82, 2.24) is 10.3 Å². The van der Waals surface area contributed by atoms with Crippen LogP contribution in [-0.2, 0) is 11.2 Å². The first-order valence-electron chi connectivity index (χ1n) is 10.3. The fraction of sp³-hybridized carbons (Fsp3) is 0.417. The number of oxazole rings is 1. The number of ether oxygens (including phenoxy) is 1. The van der Waals surface area contributed by atoms with Gasteiger partial charge in [0.2, 0.25) is 5.89 Å². The molecule has 0 saturated heterocycles. The molecule has 0 aliphatic carbocycles. The number of alkyl carbamates (subject to hydrolysis) is 1. The van der Waals surface area contributed by atoms with Gasteiger partial charge in [-0.15, -0.1) is 0 Å². The second kappa shape index (κ2) is 8.89. The molecule has 0 unspecified atom stereocenters. The van der Waals surface area contributed by atoms with Crippen LogP contribution in [-0.4, -0.2) is 33.9 Å². The molecular formula is C24H29ClN2O4. The molecule has 1 atom stereocenters. The van der Waals surface area contributed by atoms with Gasteiger partial charge in [0.25, 0.3) is 0 Å². The summed E-state index contributed by atoms with van der Waals surface area (Å²) in [5.41, 5.74) is 2.88. The minimum Gasteiger partial charge on any atom is -0.444 e. The lowest BCUT2D eigenvalue weighted by atomic mass is 9.94. The van der Waals surface area contributed by atoms with Crippen LogP contribution in [0.3, 0.4) is 0 Å². The van der Waals surface area contributed by atoms with Gasteiger partial charge in [-0.25, -0.2) is 9.78 Å². The number of nitrogens with one attached hydrogen (secondary N) is 1. The molecule has 0 bridgehead atoms. The van der Waals surface area contributed by atoms with Crippen LogP contribution < -0.4 is 5.32 Å². The first kappa shape index (κ1) is 23.1. The zero-order chi connectivity index (χ0) is 22.8. The summed E-state index contributed by atoms with van der Waals surface area (Å²) >= 11 is 6.23. The number of amides is 1. The molecular weight excluding hydrogens is 416 g/mol. The number of nitrogens with zero attached hydrogens (tertiary/aromatic N) is 1. The Morgan fingerprint density at radius 3 is 2.58 bits per heavy atom. The number of aliphatic hydroxyl groups excluding tert-OH is 1. The summed E-state index contributed by atoms with van der Waals surface area (Å²) in [5.74, 6) is 0.515. The highest BCUT2D eigenvalue weighted by atomic mass is 35.5. The summed E-state index contributed by atoms with van der Waals surface area (Å²) in [6, 6.07) is 11.5. The number of rotatable bonds is 6. The van der Waals surface area contributed by atoms with Gasteiger partial charge in [-0.2, -0.15) is 0 Å². The Morgan fingerprint density at radius 2 is 1.94 bits per heavy atom. The Hall–Kier alpha value is -2.57. The van der Waals surface area contributed by atoms with E-state index in [0.29, 0.717) is 29.3 Å². The van der Waals surface area contributed by atoms with Crippen molar-refractivity contribution in [2.75, 3.05) is 6.61 Å². The minimum absolute atomic E-state index is 0.198. The van der Waals surface area contributed by atoms with Crippen LogP contribution in [0.5, 0.6) is 0 Å². The number of carbonyl (C=O) groups excluding carboxylic acids is 1. The number of aliphatic hydroxyl groups is 1. The second-order valence-corrected chi connectivity index (χ2v) is 9.54. The number of aromatic nitrogens is 1. The lowest BCUT2D eigenvalue weighted by Gasteiger charge is -2.30. The average Bonchev–Trinajstić information content (AvgIpc) is 3.10. The normalized spacial score (nSPS) is 13.8. The van der Waals surface area contributed by atoms with Crippen LogP contribution in [0.4, 0.5) is 4.79 Å². The highest BCUT2D eigenvalue weighted by Gasteiger charge is 2.28. The second-order valence-electron chi connectivity index (χ2n) is 9.13. The zero-order valence-electron chi connectivity index (χ0n) is 18.6. The summed E-state index contributed by atoms with van der Waals surface area (Å²) in [7, 11) is 0. The summed E-state index contributed by atoms with van der Waals surface area (Å²) in [6.45, 7) is 8.95. The van der Waals surface area contributed by atoms with E-state index in [-0.39, 0.29) is 6.61 Å². The van der Waals surface area contributed by atoms with Crippen molar-refractivity contribution in [1.29, 1.82) is 0 Å². The Labute approximate surface area is 187 Å². The van der Waals surface area contributed by atoms with Gasteiger partial charge in [0.1, 0.15) is 11.1 Å². The van der Waals surface area contributed by atoms with E-state index in [1.807, 2.05) is 43.3 Å². The predicted molar refractivity (Wildman–Crippen MR) is 122 cm³/mol. The first-order valence-corrected chi connectivity index (χ1v) is 10.6. The van der Waals surface area contributed by atoms with E-state index in [0.717, 1.165) is 22.2 Å². The van der Waals surface area contributed by atoms with Crippen LogP contribution in [0.25, 0.3) is 22.6 Å². The predicted octanol–water partition coefficient (Wildman–Crippen LogP) is 5.66. The van der Waals surface area contributed by atoms with E-state index >= 15 is 0 Å². The Kier molecular flexibility index (Phi) is 6.62. The first-order chi connectivity index (χ1) is 14.5. The van der Waals surface area contributed by atoms with Gasteiger partial charge >= 0.3 is 6.09 Å². The van der Waals surface area contributed by atoms with Crippen molar-refractivity contribution in [3.05, 3.63) is 52.5 Å². The number of fused-ring (bicyclic) bond motifs is 1. The van der Waals surface area contributed by atoms with Crippen LogP contribution in [0.15, 0.2) is 40.8 Å². The van der Waals surface area contributed by atoms with Gasteiger partial charge in [0, 0.05) is 10.6 Å². The number of carbonyl (C=O) groups is 1. The fourth-order valence-electron chi connectivity index (χ4n) is 3.13. The molecule has 1 aromatic heterocycles. The third-order valence-corrected chi connectivity index (χ3v) is 5.40. The summed E-state index contributed by atoms with van der Waals surface area (Å²) in [6.07, 6.45) is 0.630. The van der Waals surface area contributed by atoms with Crippen molar-refractivity contribution in [3.63, 3.8) is 0 Å². The molecule has 1 amide bonds. The van der Waals surface area contributed by atoms with Crippen molar-refractivity contribution in [3.8, 4) is 11.5 Å². The molecule has 3 rings (SSSR count). The molecule has 0 aliphatic rings. The lowest BCUT2D eigenvalue weighted by Crippen LogP contribution is -2.50. The number of halogens is 1. The van der Waals surface area contributed by atoms with E-state index in [1.54, 1.807) is 27.7 Å². The largest absolute Gasteiger partial charge is 0.444 e. The maximum Gasteiger partial charge on any atom is 0.408 e. The van der Waals surface area contributed by atoms with E-state index in [1.165, 1.54) is 0 Å². The summed E-state index contributed by atoms with van der Waals surface area (Å²) in [5, 5.41) is 13.3. The number of aryl methyl sites for hydroxylation is 2. The van der Waals surface area contributed by atoms with Crippen LogP contribution in [0.2, 0.25) is 5.02 Å². The summed E-state index contributed by atoms with van der Waals surface area (Å²) in [4.78, 5) is 16.7. The van der Waals surface area contributed by atoms with Gasteiger partial charge in [0.15, 0.2) is 5.58 Å². The molecule has 0 saturated carbocycles. The minimum atomic E-state index is -0.801. The van der Waals surface area contributed by atoms with E-state index in [4.69, 9.17) is 20.8 Å². The highest BCUT2D eigenvalue weighted by molar-refractivity contribution is 6.31. The topological polar surface area (TPSA) is 84.6 Å². The van der Waals surface area contributed by atoms with Crippen molar-refractivity contribution < 1.29 is 19.1 Å². The third-order valence-electron chi connectivity index (χ3n) is 4.99. The Morgan fingerprint density at radius 1 is 1.19 bits per heavy atom. The molecule has 166 valence electrons. The van der Waals surface area contributed by atoms with E-state index in [2.05, 4.69) is 10.3 Å². The van der Waals surface area contributed by atoms with Gasteiger partial charge in [-0.1, -0.05) is 23.7 Å². The van der Waals surface area contributed by atoms with Gasteiger partial charge in [-0.05, 0) is 82.9 Å². The highest BCUT2D eigenvalue weighted by Crippen LogP contribution is 2.28. The zero-order valence-corrected chi connectivity index (χ0v) is 19.3. The van der Waals surface area contributed by atoms with Gasteiger partial charge < -0.3 is 19.6 Å². The maximum absolute atomic E-state index is 12.1. The molecule has 7 heteroatoms. The standard InChI is InChI=1S/C24H29ClN2O4/c1-15-6-8-17(13-18(15)25)21-26-19-12-16(7-9-20(19)30-21)10-11-24(5,14-28)27-22(29)31-23(2,3)4/h6-9,12-13,28H,10-11,14H2,1-5H3,(H,27,29)/t24-/m1/s1. The van der Waals surface area contributed by atoms with Gasteiger partial charge in [-0.3, -0.25) is 0 Å². The SMILES string of the molecule is Cc1ccc(-c2nc3cc(CC[C@](C)(CO)NC(=O)OC(C)(C)C)ccc3o2)cc1Cl. The van der Waals surface area contributed by atoms with Crippen LogP contribution in [0.1, 0.15) is 45.2 Å². The molecule has 0 radical (unpaired) electrons. The molecule has 2 aromatic carbocycles. The van der Waals surface area contributed by atoms with Crippen LogP contribution in [0, 0.1) is 6.92 Å². The number of benzene rings is 2.